The van der Waals surface area contributed by atoms with Gasteiger partial charge in [0.05, 0.1) is 6.61 Å². The fourth-order valence-corrected chi connectivity index (χ4v) is 3.64. The first-order valence-electron chi connectivity index (χ1n) is 7.22. The number of likely N-dealkylation sites (tertiary alicyclic amines) is 1. The van der Waals surface area contributed by atoms with Crippen LogP contribution in [0.4, 0.5) is 0 Å². The van der Waals surface area contributed by atoms with Crippen molar-refractivity contribution in [3.8, 4) is 0 Å². The van der Waals surface area contributed by atoms with Crippen LogP contribution in [0.5, 0.6) is 0 Å². The number of nitrogens with two attached hydrogens (primary N) is 1. The molecule has 3 heteroatoms. The van der Waals surface area contributed by atoms with Crippen LogP contribution in [0.1, 0.15) is 39.5 Å². The third-order valence-electron chi connectivity index (χ3n) is 4.96. The molecule has 1 aliphatic heterocycles. The maximum atomic E-state index is 9.48. The molecule has 2 aliphatic rings. The highest BCUT2D eigenvalue weighted by Crippen LogP contribution is 2.31. The molecule has 0 radical (unpaired) electrons. The zero-order valence-electron chi connectivity index (χ0n) is 11.3. The van der Waals surface area contributed by atoms with Crippen molar-refractivity contribution in [2.45, 2.75) is 51.6 Å². The fraction of sp³-hybridized carbons (Fsp3) is 1.00. The summed E-state index contributed by atoms with van der Waals surface area (Å²) in [5.74, 6) is 2.10. The molecule has 0 bridgehead atoms. The van der Waals surface area contributed by atoms with E-state index in [-0.39, 0.29) is 0 Å². The Balaban J connectivity index is 1.91. The van der Waals surface area contributed by atoms with Crippen LogP contribution >= 0.6 is 0 Å². The SMILES string of the molecule is CC1CCC(N)C(CN2CCC(C)C2CO)C1. The predicted molar refractivity (Wildman–Crippen MR) is 70.7 cm³/mol. The van der Waals surface area contributed by atoms with Crippen molar-refractivity contribution < 1.29 is 5.11 Å². The molecule has 0 aromatic carbocycles. The molecule has 100 valence electrons. The van der Waals surface area contributed by atoms with E-state index >= 15 is 0 Å². The highest BCUT2D eigenvalue weighted by Gasteiger charge is 2.34. The second-order valence-corrected chi connectivity index (χ2v) is 6.35. The molecule has 1 heterocycles. The Morgan fingerprint density at radius 1 is 1.24 bits per heavy atom. The lowest BCUT2D eigenvalue weighted by atomic mass is 9.79. The molecule has 1 aliphatic carbocycles. The van der Waals surface area contributed by atoms with Gasteiger partial charge >= 0.3 is 0 Å². The lowest BCUT2D eigenvalue weighted by Gasteiger charge is -2.37. The van der Waals surface area contributed by atoms with Crippen LogP contribution in [-0.4, -0.2) is 41.8 Å². The number of aliphatic hydroxyl groups excluding tert-OH is 1. The first-order valence-corrected chi connectivity index (χ1v) is 7.22. The van der Waals surface area contributed by atoms with Crippen molar-refractivity contribution in [2.75, 3.05) is 19.7 Å². The largest absolute Gasteiger partial charge is 0.395 e. The summed E-state index contributed by atoms with van der Waals surface area (Å²) in [6, 6.07) is 0.751. The molecule has 0 amide bonds. The summed E-state index contributed by atoms with van der Waals surface area (Å²) in [5.41, 5.74) is 6.25. The Kier molecular flexibility index (Phi) is 4.45. The van der Waals surface area contributed by atoms with E-state index < -0.39 is 0 Å². The van der Waals surface area contributed by atoms with Crippen LogP contribution in [0.25, 0.3) is 0 Å². The van der Waals surface area contributed by atoms with Crippen LogP contribution in [0.2, 0.25) is 0 Å². The van der Waals surface area contributed by atoms with Crippen molar-refractivity contribution in [1.29, 1.82) is 0 Å². The second-order valence-electron chi connectivity index (χ2n) is 6.35. The zero-order chi connectivity index (χ0) is 12.4. The van der Waals surface area contributed by atoms with Crippen molar-refractivity contribution >= 4 is 0 Å². The van der Waals surface area contributed by atoms with Crippen molar-refractivity contribution in [3.63, 3.8) is 0 Å². The van der Waals surface area contributed by atoms with E-state index in [9.17, 15) is 5.11 Å². The highest BCUT2D eigenvalue weighted by atomic mass is 16.3. The minimum absolute atomic E-state index is 0.304. The van der Waals surface area contributed by atoms with E-state index in [1.807, 2.05) is 0 Å². The monoisotopic (exact) mass is 240 g/mol. The molecule has 1 saturated heterocycles. The summed E-state index contributed by atoms with van der Waals surface area (Å²) in [6.07, 6.45) is 4.96. The van der Waals surface area contributed by atoms with Crippen molar-refractivity contribution in [2.24, 2.45) is 23.5 Å². The number of rotatable bonds is 3. The molecule has 3 N–H and O–H groups in total. The van der Waals surface area contributed by atoms with E-state index in [1.165, 1.54) is 25.7 Å². The smallest absolute Gasteiger partial charge is 0.0589 e. The molecule has 2 rings (SSSR count). The maximum Gasteiger partial charge on any atom is 0.0589 e. The molecule has 0 spiro atoms. The summed E-state index contributed by atoms with van der Waals surface area (Å²) in [6.45, 7) is 7.14. The number of nitrogens with zero attached hydrogens (tertiary/aromatic N) is 1. The van der Waals surface area contributed by atoms with Gasteiger partial charge in [0, 0.05) is 18.6 Å². The Morgan fingerprint density at radius 3 is 2.71 bits per heavy atom. The van der Waals surface area contributed by atoms with E-state index in [0.717, 1.165) is 19.0 Å². The average Bonchev–Trinajstić information content (AvgIpc) is 2.64. The third-order valence-corrected chi connectivity index (χ3v) is 4.96. The molecule has 1 saturated carbocycles. The summed E-state index contributed by atoms with van der Waals surface area (Å²) < 4.78 is 0. The normalized spacial score (nSPS) is 44.1. The van der Waals surface area contributed by atoms with Gasteiger partial charge in [-0.1, -0.05) is 13.8 Å². The number of aliphatic hydroxyl groups is 1. The average molecular weight is 240 g/mol. The molecular formula is C14H28N2O. The van der Waals surface area contributed by atoms with Gasteiger partial charge in [-0.15, -0.1) is 0 Å². The van der Waals surface area contributed by atoms with Crippen LogP contribution in [0, 0.1) is 17.8 Å². The predicted octanol–water partition coefficient (Wildman–Crippen LogP) is 1.45. The molecule has 0 aromatic rings. The zero-order valence-corrected chi connectivity index (χ0v) is 11.3. The van der Waals surface area contributed by atoms with E-state index in [4.69, 9.17) is 5.73 Å². The Morgan fingerprint density at radius 2 is 2.00 bits per heavy atom. The van der Waals surface area contributed by atoms with Crippen LogP contribution in [-0.2, 0) is 0 Å². The van der Waals surface area contributed by atoms with Gasteiger partial charge < -0.3 is 10.8 Å². The summed E-state index contributed by atoms with van der Waals surface area (Å²) in [7, 11) is 0. The quantitative estimate of drug-likeness (QED) is 0.785. The van der Waals surface area contributed by atoms with Gasteiger partial charge in [0.15, 0.2) is 0 Å². The van der Waals surface area contributed by atoms with Crippen LogP contribution < -0.4 is 5.73 Å². The topological polar surface area (TPSA) is 49.5 Å². The molecule has 2 fully saturated rings. The van der Waals surface area contributed by atoms with Gasteiger partial charge in [-0.05, 0) is 50.0 Å². The van der Waals surface area contributed by atoms with Crippen LogP contribution in [0.15, 0.2) is 0 Å². The molecule has 5 atom stereocenters. The molecular weight excluding hydrogens is 212 g/mol. The van der Waals surface area contributed by atoms with Crippen molar-refractivity contribution in [3.05, 3.63) is 0 Å². The van der Waals surface area contributed by atoms with Gasteiger partial charge in [0.1, 0.15) is 0 Å². The van der Waals surface area contributed by atoms with E-state index in [0.29, 0.717) is 30.5 Å². The molecule has 0 aromatic heterocycles. The summed E-state index contributed by atoms with van der Waals surface area (Å²) >= 11 is 0. The maximum absolute atomic E-state index is 9.48. The van der Waals surface area contributed by atoms with Gasteiger partial charge in [0.25, 0.3) is 0 Å². The lowest BCUT2D eigenvalue weighted by Crippen LogP contribution is -2.45. The van der Waals surface area contributed by atoms with E-state index in [1.54, 1.807) is 0 Å². The van der Waals surface area contributed by atoms with Gasteiger partial charge in [-0.2, -0.15) is 0 Å². The Bertz CT molecular complexity index is 246. The highest BCUT2D eigenvalue weighted by molar-refractivity contribution is 4.89. The minimum Gasteiger partial charge on any atom is -0.395 e. The van der Waals surface area contributed by atoms with Gasteiger partial charge in [0.2, 0.25) is 0 Å². The molecule has 3 nitrogen and oxygen atoms in total. The standard InChI is InChI=1S/C14H28N2O/c1-10-3-4-13(15)12(7-10)8-16-6-5-11(2)14(16)9-17/h10-14,17H,3-9,15H2,1-2H3. The Hall–Kier alpha value is -0.120. The molecule has 17 heavy (non-hydrogen) atoms. The van der Waals surface area contributed by atoms with E-state index in [2.05, 4.69) is 18.7 Å². The fourth-order valence-electron chi connectivity index (χ4n) is 3.64. The summed E-state index contributed by atoms with van der Waals surface area (Å²) in [5, 5.41) is 9.48. The minimum atomic E-state index is 0.304. The van der Waals surface area contributed by atoms with Gasteiger partial charge in [-0.25, -0.2) is 0 Å². The Labute approximate surface area is 105 Å². The number of hydrogen-bond donors (Lipinski definition) is 2. The lowest BCUT2D eigenvalue weighted by molar-refractivity contribution is 0.102. The second kappa shape index (κ2) is 5.68. The van der Waals surface area contributed by atoms with Crippen molar-refractivity contribution in [1.82, 2.24) is 4.90 Å². The molecule has 5 unspecified atom stereocenters. The van der Waals surface area contributed by atoms with Crippen LogP contribution in [0.3, 0.4) is 0 Å². The summed E-state index contributed by atoms with van der Waals surface area (Å²) in [4.78, 5) is 2.48. The third kappa shape index (κ3) is 3.01. The first-order chi connectivity index (χ1) is 8.11. The first kappa shape index (κ1) is 13.3. The van der Waals surface area contributed by atoms with Gasteiger partial charge in [-0.3, -0.25) is 4.90 Å². The number of hydrogen-bond acceptors (Lipinski definition) is 3.